The van der Waals surface area contributed by atoms with Gasteiger partial charge in [0, 0.05) is 6.42 Å². The molecule has 0 aromatic heterocycles. The van der Waals surface area contributed by atoms with E-state index in [9.17, 15) is 4.79 Å². The number of benzene rings is 1. The zero-order chi connectivity index (χ0) is 9.68. The van der Waals surface area contributed by atoms with E-state index in [1.54, 1.807) is 0 Å². The van der Waals surface area contributed by atoms with Crippen LogP contribution >= 0.6 is 12.4 Å². The van der Waals surface area contributed by atoms with Crippen LogP contribution in [0.15, 0.2) is 30.3 Å². The Bertz CT molecular complexity index is 272. The van der Waals surface area contributed by atoms with Crippen LogP contribution in [-0.2, 0) is 4.79 Å². The Kier molecular flexibility index (Phi) is 5.97. The minimum Gasteiger partial charge on any atom is -0.481 e. The molecule has 0 heterocycles. The normalized spacial score (nSPS) is 11.5. The van der Waals surface area contributed by atoms with Crippen LogP contribution in [0, 0.1) is 0 Å². The molecule has 1 aromatic carbocycles. The minimum absolute atomic E-state index is 0. The molecule has 2 nitrogen and oxygen atoms in total. The molecule has 3 heteroatoms. The zero-order valence-electron chi connectivity index (χ0n) is 8.14. The lowest BCUT2D eigenvalue weighted by atomic mass is 9.96. The molecule has 0 aliphatic rings. The van der Waals surface area contributed by atoms with Crippen molar-refractivity contribution < 1.29 is 9.90 Å². The molecule has 0 amide bonds. The van der Waals surface area contributed by atoms with Gasteiger partial charge in [-0.25, -0.2) is 0 Å². The Morgan fingerprint density at radius 1 is 1.36 bits per heavy atom. The highest BCUT2D eigenvalue weighted by Gasteiger charge is 2.06. The molecule has 1 unspecified atom stereocenters. The van der Waals surface area contributed by atoms with Crippen molar-refractivity contribution in [2.75, 3.05) is 0 Å². The number of halogens is 1. The van der Waals surface area contributed by atoms with Crippen LogP contribution in [0.5, 0.6) is 0 Å². The quantitative estimate of drug-likeness (QED) is 0.837. The fraction of sp³-hybridized carbons (Fsp3) is 0.364. The smallest absolute Gasteiger partial charge is 0.303 e. The topological polar surface area (TPSA) is 37.3 Å². The van der Waals surface area contributed by atoms with Crippen LogP contribution in [0.1, 0.15) is 31.2 Å². The highest BCUT2D eigenvalue weighted by atomic mass is 35.5. The molecule has 0 spiro atoms. The molecule has 0 radical (unpaired) electrons. The van der Waals surface area contributed by atoms with E-state index in [1.165, 1.54) is 5.56 Å². The Morgan fingerprint density at radius 2 is 1.93 bits per heavy atom. The summed E-state index contributed by atoms with van der Waals surface area (Å²) in [6.45, 7) is 2.05. The summed E-state index contributed by atoms with van der Waals surface area (Å²) in [5, 5.41) is 8.51. The van der Waals surface area contributed by atoms with Gasteiger partial charge in [0.05, 0.1) is 0 Å². The average Bonchev–Trinajstić information content (AvgIpc) is 2.15. The maximum atomic E-state index is 10.3. The van der Waals surface area contributed by atoms with E-state index in [0.29, 0.717) is 12.3 Å². The van der Waals surface area contributed by atoms with Crippen molar-refractivity contribution in [1.29, 1.82) is 0 Å². The first-order chi connectivity index (χ1) is 6.20. The van der Waals surface area contributed by atoms with Gasteiger partial charge in [-0.1, -0.05) is 37.3 Å². The van der Waals surface area contributed by atoms with Crippen molar-refractivity contribution in [1.82, 2.24) is 0 Å². The number of carboxylic acids is 1. The molecular weight excluding hydrogens is 200 g/mol. The molecule has 0 aliphatic heterocycles. The third-order valence-corrected chi connectivity index (χ3v) is 2.16. The second-order valence-electron chi connectivity index (χ2n) is 3.24. The Balaban J connectivity index is 0.00000169. The van der Waals surface area contributed by atoms with Gasteiger partial charge in [-0.05, 0) is 17.9 Å². The number of rotatable bonds is 4. The first-order valence-electron chi connectivity index (χ1n) is 4.47. The van der Waals surface area contributed by atoms with Gasteiger partial charge in [0.25, 0.3) is 0 Å². The Hall–Kier alpha value is -1.02. The van der Waals surface area contributed by atoms with Crippen LogP contribution in [0.3, 0.4) is 0 Å². The first-order valence-corrected chi connectivity index (χ1v) is 4.47. The zero-order valence-corrected chi connectivity index (χ0v) is 8.96. The summed E-state index contributed by atoms with van der Waals surface area (Å²) in [6.07, 6.45) is 0.954. The molecular formula is C11H15ClO2. The average molecular weight is 215 g/mol. The van der Waals surface area contributed by atoms with Gasteiger partial charge in [-0.15, -0.1) is 12.4 Å². The monoisotopic (exact) mass is 214 g/mol. The van der Waals surface area contributed by atoms with Crippen molar-refractivity contribution in [3.05, 3.63) is 35.9 Å². The lowest BCUT2D eigenvalue weighted by molar-refractivity contribution is -0.137. The Labute approximate surface area is 90.4 Å². The summed E-state index contributed by atoms with van der Waals surface area (Å²) >= 11 is 0. The number of aliphatic carboxylic acids is 1. The Morgan fingerprint density at radius 3 is 2.43 bits per heavy atom. The van der Waals surface area contributed by atoms with E-state index in [0.717, 1.165) is 0 Å². The molecule has 0 saturated carbocycles. The van der Waals surface area contributed by atoms with Crippen LogP contribution in [0.4, 0.5) is 0 Å². The highest BCUT2D eigenvalue weighted by molar-refractivity contribution is 5.85. The summed E-state index contributed by atoms with van der Waals surface area (Å²) in [5.74, 6) is -0.389. The van der Waals surface area contributed by atoms with Gasteiger partial charge < -0.3 is 5.11 Å². The number of carboxylic acid groups (broad SMARTS) is 1. The predicted octanol–water partition coefficient (Wildman–Crippen LogP) is 3.08. The number of hydrogen-bond donors (Lipinski definition) is 1. The van der Waals surface area contributed by atoms with E-state index in [1.807, 2.05) is 30.3 Å². The van der Waals surface area contributed by atoms with Gasteiger partial charge in [0.1, 0.15) is 0 Å². The number of carbonyl (C=O) groups is 1. The molecule has 1 atom stereocenters. The summed E-state index contributed by atoms with van der Waals surface area (Å²) < 4.78 is 0. The highest BCUT2D eigenvalue weighted by Crippen LogP contribution is 2.19. The SMILES string of the molecule is CC(CCC(=O)O)c1ccccc1.Cl. The molecule has 1 N–H and O–H groups in total. The molecule has 1 rings (SSSR count). The molecule has 1 aromatic rings. The standard InChI is InChI=1S/C11H14O2.ClH/c1-9(7-8-11(12)13)10-5-3-2-4-6-10;/h2-6,9H,7-8H2,1H3,(H,12,13);1H. The largest absolute Gasteiger partial charge is 0.481 e. The minimum atomic E-state index is -0.720. The lowest BCUT2D eigenvalue weighted by Gasteiger charge is -2.09. The summed E-state index contributed by atoms with van der Waals surface area (Å²) in [4.78, 5) is 10.3. The molecule has 78 valence electrons. The predicted molar refractivity (Wildman–Crippen MR) is 59.0 cm³/mol. The molecule has 0 bridgehead atoms. The summed E-state index contributed by atoms with van der Waals surface area (Å²) in [5.41, 5.74) is 1.21. The fourth-order valence-electron chi connectivity index (χ4n) is 1.29. The molecule has 0 fully saturated rings. The van der Waals surface area contributed by atoms with Crippen LogP contribution in [0.25, 0.3) is 0 Å². The second-order valence-corrected chi connectivity index (χ2v) is 3.24. The van der Waals surface area contributed by atoms with E-state index >= 15 is 0 Å². The second kappa shape index (κ2) is 6.44. The maximum absolute atomic E-state index is 10.3. The van der Waals surface area contributed by atoms with Crippen molar-refractivity contribution in [3.63, 3.8) is 0 Å². The number of hydrogen-bond acceptors (Lipinski definition) is 1. The molecule has 14 heavy (non-hydrogen) atoms. The van der Waals surface area contributed by atoms with Gasteiger partial charge in [-0.3, -0.25) is 4.79 Å². The first kappa shape index (κ1) is 13.0. The maximum Gasteiger partial charge on any atom is 0.303 e. The van der Waals surface area contributed by atoms with Crippen molar-refractivity contribution >= 4 is 18.4 Å². The molecule has 0 saturated heterocycles. The van der Waals surface area contributed by atoms with E-state index < -0.39 is 5.97 Å². The van der Waals surface area contributed by atoms with Gasteiger partial charge >= 0.3 is 5.97 Å². The van der Waals surface area contributed by atoms with E-state index in [2.05, 4.69) is 6.92 Å². The van der Waals surface area contributed by atoms with Gasteiger partial charge in [0.2, 0.25) is 0 Å². The van der Waals surface area contributed by atoms with Crippen LogP contribution in [-0.4, -0.2) is 11.1 Å². The fourth-order valence-corrected chi connectivity index (χ4v) is 1.29. The van der Waals surface area contributed by atoms with Crippen LogP contribution < -0.4 is 0 Å². The van der Waals surface area contributed by atoms with Gasteiger partial charge in [0.15, 0.2) is 0 Å². The third-order valence-electron chi connectivity index (χ3n) is 2.16. The van der Waals surface area contributed by atoms with Crippen molar-refractivity contribution in [2.45, 2.75) is 25.7 Å². The third kappa shape index (κ3) is 4.28. The lowest BCUT2D eigenvalue weighted by Crippen LogP contribution is -1.99. The summed E-state index contributed by atoms with van der Waals surface area (Å²) in [6, 6.07) is 9.99. The van der Waals surface area contributed by atoms with Gasteiger partial charge in [-0.2, -0.15) is 0 Å². The van der Waals surface area contributed by atoms with Crippen LogP contribution in [0.2, 0.25) is 0 Å². The molecule has 0 aliphatic carbocycles. The van der Waals surface area contributed by atoms with Crippen molar-refractivity contribution in [2.24, 2.45) is 0 Å². The summed E-state index contributed by atoms with van der Waals surface area (Å²) in [7, 11) is 0. The van der Waals surface area contributed by atoms with E-state index in [4.69, 9.17) is 5.11 Å². The van der Waals surface area contributed by atoms with Crippen molar-refractivity contribution in [3.8, 4) is 0 Å². The van der Waals surface area contributed by atoms with E-state index in [-0.39, 0.29) is 18.8 Å².